The minimum atomic E-state index is -0.604. The van der Waals surface area contributed by atoms with Gasteiger partial charge < -0.3 is 14.6 Å². The van der Waals surface area contributed by atoms with Crippen LogP contribution in [0.5, 0.6) is 0 Å². The van der Waals surface area contributed by atoms with Crippen molar-refractivity contribution in [1.82, 2.24) is 0 Å². The van der Waals surface area contributed by atoms with Crippen LogP contribution in [0, 0.1) is 17.3 Å². The predicted octanol–water partition coefficient (Wildman–Crippen LogP) is 2.70. The van der Waals surface area contributed by atoms with Crippen molar-refractivity contribution in [2.45, 2.75) is 58.3 Å². The van der Waals surface area contributed by atoms with Crippen LogP contribution in [-0.4, -0.2) is 35.4 Å². The summed E-state index contributed by atoms with van der Waals surface area (Å²) in [4.78, 5) is 24.5. The summed E-state index contributed by atoms with van der Waals surface area (Å²) >= 11 is 0. The average Bonchev–Trinajstić information content (AvgIpc) is 2.84. The summed E-state index contributed by atoms with van der Waals surface area (Å²) in [5, 5.41) is 10.7. The number of ether oxygens (including phenoxy) is 2. The molecule has 5 heteroatoms. The van der Waals surface area contributed by atoms with Crippen LogP contribution >= 0.6 is 0 Å². The number of rotatable bonds is 2. The van der Waals surface area contributed by atoms with Crippen LogP contribution < -0.4 is 0 Å². The predicted molar refractivity (Wildman–Crippen MR) is 92.4 cm³/mol. The van der Waals surface area contributed by atoms with E-state index in [-0.39, 0.29) is 11.8 Å². The highest BCUT2D eigenvalue weighted by molar-refractivity contribution is 5.91. The first kappa shape index (κ1) is 17.9. The molecule has 0 radical (unpaired) electrons. The highest BCUT2D eigenvalue weighted by Gasteiger charge is 2.62. The van der Waals surface area contributed by atoms with Crippen LogP contribution in [0.3, 0.4) is 0 Å². The van der Waals surface area contributed by atoms with Gasteiger partial charge in [0, 0.05) is 22.5 Å². The Labute approximate surface area is 148 Å². The Morgan fingerprint density at radius 2 is 2.12 bits per heavy atom. The van der Waals surface area contributed by atoms with Gasteiger partial charge in [-0.05, 0) is 33.1 Å². The van der Waals surface area contributed by atoms with Crippen molar-refractivity contribution in [2.75, 3.05) is 0 Å². The normalized spacial score (nSPS) is 41.0. The molecule has 1 saturated heterocycles. The lowest BCUT2D eigenvalue weighted by Gasteiger charge is -2.54. The Hall–Kier alpha value is -1.88. The second-order valence-electron chi connectivity index (χ2n) is 7.74. The molecule has 25 heavy (non-hydrogen) atoms. The van der Waals surface area contributed by atoms with Crippen LogP contribution in [0.1, 0.15) is 40.0 Å². The molecule has 136 valence electrons. The van der Waals surface area contributed by atoms with Crippen molar-refractivity contribution >= 4 is 11.9 Å². The van der Waals surface area contributed by atoms with Crippen LogP contribution in [0.2, 0.25) is 0 Å². The number of aliphatic hydroxyl groups excluding tert-OH is 1. The number of aliphatic hydroxyl groups is 1. The summed E-state index contributed by atoms with van der Waals surface area (Å²) < 4.78 is 11.3. The molecule has 0 aromatic rings. The first-order chi connectivity index (χ1) is 11.7. The third kappa shape index (κ3) is 2.65. The SMILES string of the molecule is C=C1C(=O)O[C@H]2C[C@@]3(C)[C@H](O)CCC(=C)[C@H]3[C@@H](OC(=O)/C(C)=C/C)[C@H]12. The first-order valence-corrected chi connectivity index (χ1v) is 8.80. The third-order valence-corrected chi connectivity index (χ3v) is 6.30. The molecule has 0 spiro atoms. The van der Waals surface area contributed by atoms with Gasteiger partial charge in [0.1, 0.15) is 12.2 Å². The zero-order valence-corrected chi connectivity index (χ0v) is 15.1. The molecule has 0 amide bonds. The fourth-order valence-corrected chi connectivity index (χ4v) is 4.69. The summed E-state index contributed by atoms with van der Waals surface area (Å²) in [6.45, 7) is 13.5. The van der Waals surface area contributed by atoms with Crippen molar-refractivity contribution in [3.05, 3.63) is 36.0 Å². The number of carbonyl (C=O) groups is 2. The summed E-state index contributed by atoms with van der Waals surface area (Å²) in [5.74, 6) is -1.48. The molecule has 0 aromatic heterocycles. The summed E-state index contributed by atoms with van der Waals surface area (Å²) in [6.07, 6.45) is 1.92. The molecular formula is C20H26O5. The van der Waals surface area contributed by atoms with Crippen LogP contribution in [-0.2, 0) is 19.1 Å². The molecule has 6 atom stereocenters. The lowest BCUT2D eigenvalue weighted by atomic mass is 9.53. The zero-order chi connectivity index (χ0) is 18.5. The first-order valence-electron chi connectivity index (χ1n) is 8.80. The second kappa shape index (κ2) is 6.13. The molecule has 1 N–H and O–H groups in total. The van der Waals surface area contributed by atoms with Gasteiger partial charge >= 0.3 is 11.9 Å². The van der Waals surface area contributed by atoms with Crippen molar-refractivity contribution in [3.63, 3.8) is 0 Å². The van der Waals surface area contributed by atoms with Gasteiger partial charge in [0.2, 0.25) is 0 Å². The third-order valence-electron chi connectivity index (χ3n) is 6.30. The second-order valence-corrected chi connectivity index (χ2v) is 7.74. The van der Waals surface area contributed by atoms with Gasteiger partial charge in [-0.25, -0.2) is 9.59 Å². The van der Waals surface area contributed by atoms with Crippen LogP contribution in [0.4, 0.5) is 0 Å². The van der Waals surface area contributed by atoms with Gasteiger partial charge in [-0.15, -0.1) is 0 Å². The van der Waals surface area contributed by atoms with Crippen molar-refractivity contribution in [3.8, 4) is 0 Å². The molecule has 2 aliphatic carbocycles. The number of hydrogen-bond donors (Lipinski definition) is 1. The molecule has 2 saturated carbocycles. The van der Waals surface area contributed by atoms with Gasteiger partial charge in [-0.3, -0.25) is 0 Å². The molecule has 3 fully saturated rings. The number of allylic oxidation sites excluding steroid dienone is 1. The lowest BCUT2D eigenvalue weighted by Crippen LogP contribution is -2.58. The molecule has 0 aromatic carbocycles. The van der Waals surface area contributed by atoms with Crippen LogP contribution in [0.15, 0.2) is 36.0 Å². The summed E-state index contributed by atoms with van der Waals surface area (Å²) in [6, 6.07) is 0. The van der Waals surface area contributed by atoms with E-state index in [1.165, 1.54) is 0 Å². The topological polar surface area (TPSA) is 72.8 Å². The quantitative estimate of drug-likeness (QED) is 0.473. The Bertz CT molecular complexity index is 676. The van der Waals surface area contributed by atoms with Crippen molar-refractivity contribution in [1.29, 1.82) is 0 Å². The molecular weight excluding hydrogens is 320 g/mol. The largest absolute Gasteiger partial charge is 0.458 e. The minimum Gasteiger partial charge on any atom is -0.458 e. The zero-order valence-electron chi connectivity index (χ0n) is 15.1. The van der Waals surface area contributed by atoms with E-state index in [1.54, 1.807) is 19.9 Å². The van der Waals surface area contributed by atoms with E-state index in [0.29, 0.717) is 30.4 Å². The van der Waals surface area contributed by atoms with E-state index in [4.69, 9.17) is 9.47 Å². The minimum absolute atomic E-state index is 0.225. The summed E-state index contributed by atoms with van der Waals surface area (Å²) in [7, 11) is 0. The van der Waals surface area contributed by atoms with Gasteiger partial charge in [-0.2, -0.15) is 0 Å². The Morgan fingerprint density at radius 1 is 1.44 bits per heavy atom. The standard InChI is InChI=1S/C20H26O5/c1-6-10(2)18(22)25-17-15-12(4)19(23)24-13(15)9-20(5)14(21)8-7-11(3)16(17)20/h6,13-17,21H,3-4,7-9H2,1-2,5H3/b10-6+/t13-,14+,15+,16-,17-,20-/m0/s1. The monoisotopic (exact) mass is 346 g/mol. The Balaban J connectivity index is 2.04. The molecule has 5 nitrogen and oxygen atoms in total. The highest BCUT2D eigenvalue weighted by atomic mass is 16.6. The fourth-order valence-electron chi connectivity index (χ4n) is 4.69. The maximum atomic E-state index is 12.4. The highest BCUT2D eigenvalue weighted by Crippen LogP contribution is 2.57. The van der Waals surface area contributed by atoms with E-state index in [9.17, 15) is 14.7 Å². The van der Waals surface area contributed by atoms with Gasteiger partial charge in [-0.1, -0.05) is 31.7 Å². The van der Waals surface area contributed by atoms with E-state index in [2.05, 4.69) is 13.2 Å². The number of carbonyl (C=O) groups excluding carboxylic acids is 2. The molecule has 0 bridgehead atoms. The van der Waals surface area contributed by atoms with Gasteiger partial charge in [0.05, 0.1) is 12.0 Å². The van der Waals surface area contributed by atoms with Crippen molar-refractivity contribution < 1.29 is 24.2 Å². The smallest absolute Gasteiger partial charge is 0.334 e. The maximum Gasteiger partial charge on any atom is 0.334 e. The average molecular weight is 346 g/mol. The van der Waals surface area contributed by atoms with E-state index in [1.807, 2.05) is 6.92 Å². The molecule has 0 unspecified atom stereocenters. The number of hydrogen-bond acceptors (Lipinski definition) is 5. The van der Waals surface area contributed by atoms with E-state index >= 15 is 0 Å². The summed E-state index contributed by atoms with van der Waals surface area (Å²) in [5.41, 5.74) is 1.25. The molecule has 3 aliphatic rings. The lowest BCUT2D eigenvalue weighted by molar-refractivity contribution is -0.177. The fraction of sp³-hybridized carbons (Fsp3) is 0.600. The van der Waals surface area contributed by atoms with Gasteiger partial charge in [0.25, 0.3) is 0 Å². The number of esters is 2. The number of fused-ring (bicyclic) bond motifs is 2. The van der Waals surface area contributed by atoms with E-state index in [0.717, 1.165) is 5.57 Å². The Morgan fingerprint density at radius 3 is 2.76 bits per heavy atom. The van der Waals surface area contributed by atoms with E-state index < -0.39 is 35.7 Å². The molecule has 1 aliphatic heterocycles. The molecule has 1 heterocycles. The Kier molecular flexibility index (Phi) is 4.40. The van der Waals surface area contributed by atoms with Gasteiger partial charge in [0.15, 0.2) is 0 Å². The van der Waals surface area contributed by atoms with Crippen LogP contribution in [0.25, 0.3) is 0 Å². The maximum absolute atomic E-state index is 12.4. The van der Waals surface area contributed by atoms with Crippen molar-refractivity contribution in [2.24, 2.45) is 17.3 Å². The molecule has 3 rings (SSSR count).